The highest BCUT2D eigenvalue weighted by atomic mass is 127. The Bertz CT molecular complexity index is 1040. The van der Waals surface area contributed by atoms with Gasteiger partial charge < -0.3 is 5.32 Å². The first-order valence-corrected chi connectivity index (χ1v) is 10.2. The Kier molecular flexibility index (Phi) is 6.94. The zero-order valence-electron chi connectivity index (χ0n) is 14.5. The highest BCUT2D eigenvalue weighted by molar-refractivity contribution is 14.1. The first-order chi connectivity index (χ1) is 13.5. The van der Waals surface area contributed by atoms with E-state index in [4.69, 9.17) is 0 Å². The quantitative estimate of drug-likeness (QED) is 0.266. The molecule has 0 atom stereocenters. The molecule has 2 amide bonds. The lowest BCUT2D eigenvalue weighted by Gasteiger charge is -2.10. The Morgan fingerprint density at radius 1 is 0.857 bits per heavy atom. The number of carbonyl (C=O) groups excluding carboxylic acids is 2. The molecule has 7 heteroatoms. The molecule has 5 nitrogen and oxygen atoms in total. The average Bonchev–Trinajstić information content (AvgIpc) is 2.70. The SMILES string of the molecule is O=C(Nc1ccccc1C(=O)NN=Cc1ccc(I)cc1)c1ccccc1Br. The number of para-hydroxylation sites is 1. The summed E-state index contributed by atoms with van der Waals surface area (Å²) >= 11 is 5.58. The lowest BCUT2D eigenvalue weighted by molar-refractivity contribution is 0.0956. The van der Waals surface area contributed by atoms with Crippen LogP contribution in [-0.4, -0.2) is 18.0 Å². The molecular formula is C21H15BrIN3O2. The van der Waals surface area contributed by atoms with Gasteiger partial charge in [0.1, 0.15) is 0 Å². The Balaban J connectivity index is 1.72. The van der Waals surface area contributed by atoms with E-state index in [0.717, 1.165) is 9.13 Å². The molecule has 0 unspecified atom stereocenters. The molecule has 3 rings (SSSR count). The van der Waals surface area contributed by atoms with Gasteiger partial charge in [-0.2, -0.15) is 5.10 Å². The second kappa shape index (κ2) is 9.61. The van der Waals surface area contributed by atoms with Gasteiger partial charge in [-0.1, -0.05) is 36.4 Å². The molecule has 0 heterocycles. The number of nitrogens with zero attached hydrogens (tertiary/aromatic N) is 1. The zero-order chi connectivity index (χ0) is 19.9. The fraction of sp³-hybridized carbons (Fsp3) is 0. The van der Waals surface area contributed by atoms with Crippen LogP contribution in [0.4, 0.5) is 5.69 Å². The van der Waals surface area contributed by atoms with Crippen molar-refractivity contribution in [2.24, 2.45) is 5.10 Å². The van der Waals surface area contributed by atoms with Crippen molar-refractivity contribution in [3.63, 3.8) is 0 Å². The van der Waals surface area contributed by atoms with E-state index in [1.165, 1.54) is 0 Å². The van der Waals surface area contributed by atoms with Gasteiger partial charge in [-0.25, -0.2) is 5.43 Å². The molecule has 28 heavy (non-hydrogen) atoms. The van der Waals surface area contributed by atoms with Crippen molar-refractivity contribution in [2.45, 2.75) is 0 Å². The molecule has 140 valence electrons. The third-order valence-electron chi connectivity index (χ3n) is 3.79. The third kappa shape index (κ3) is 5.26. The van der Waals surface area contributed by atoms with Gasteiger partial charge in [0.05, 0.1) is 23.0 Å². The maximum Gasteiger partial charge on any atom is 0.273 e. The standard InChI is InChI=1S/C21H15BrIN3O2/c22-18-7-3-1-5-16(18)20(27)25-19-8-4-2-6-17(19)21(28)26-24-13-14-9-11-15(23)12-10-14/h1-13H,(H,25,27)(H,26,28). The van der Waals surface area contributed by atoms with Crippen molar-refractivity contribution < 1.29 is 9.59 Å². The fourth-order valence-electron chi connectivity index (χ4n) is 2.40. The Morgan fingerprint density at radius 3 is 2.21 bits per heavy atom. The molecule has 0 saturated carbocycles. The molecule has 0 saturated heterocycles. The minimum atomic E-state index is -0.412. The van der Waals surface area contributed by atoms with Crippen molar-refractivity contribution in [1.82, 2.24) is 5.43 Å². The van der Waals surface area contributed by atoms with Gasteiger partial charge in [0, 0.05) is 8.04 Å². The van der Waals surface area contributed by atoms with E-state index in [1.54, 1.807) is 48.7 Å². The second-order valence-corrected chi connectivity index (χ2v) is 7.83. The smallest absolute Gasteiger partial charge is 0.273 e. The summed E-state index contributed by atoms with van der Waals surface area (Å²) in [5.74, 6) is -0.722. The van der Waals surface area contributed by atoms with Gasteiger partial charge in [0.15, 0.2) is 0 Å². The van der Waals surface area contributed by atoms with Crippen LogP contribution >= 0.6 is 38.5 Å². The average molecular weight is 548 g/mol. The molecule has 3 aromatic carbocycles. The van der Waals surface area contributed by atoms with Gasteiger partial charge >= 0.3 is 0 Å². The van der Waals surface area contributed by atoms with Crippen LogP contribution in [0.5, 0.6) is 0 Å². The molecule has 0 aliphatic rings. The van der Waals surface area contributed by atoms with Gasteiger partial charge in [-0.15, -0.1) is 0 Å². The van der Waals surface area contributed by atoms with Gasteiger partial charge in [0.25, 0.3) is 11.8 Å². The van der Waals surface area contributed by atoms with Gasteiger partial charge in [-0.3, -0.25) is 9.59 Å². The first kappa shape index (κ1) is 20.2. The summed E-state index contributed by atoms with van der Waals surface area (Å²) in [6.45, 7) is 0. The molecule has 0 aliphatic heterocycles. The Morgan fingerprint density at radius 2 is 1.50 bits per heavy atom. The van der Waals surface area contributed by atoms with Crippen molar-refractivity contribution >= 4 is 62.2 Å². The van der Waals surface area contributed by atoms with E-state index in [-0.39, 0.29) is 5.91 Å². The van der Waals surface area contributed by atoms with Crippen LogP contribution in [-0.2, 0) is 0 Å². The zero-order valence-corrected chi connectivity index (χ0v) is 18.3. The highest BCUT2D eigenvalue weighted by Crippen LogP contribution is 2.20. The number of amides is 2. The number of benzene rings is 3. The van der Waals surface area contributed by atoms with Crippen LogP contribution in [0.15, 0.2) is 82.4 Å². The number of anilines is 1. The largest absolute Gasteiger partial charge is 0.321 e. The van der Waals surface area contributed by atoms with Crippen LogP contribution < -0.4 is 10.7 Å². The van der Waals surface area contributed by atoms with Crippen LogP contribution in [0.25, 0.3) is 0 Å². The van der Waals surface area contributed by atoms with E-state index in [0.29, 0.717) is 21.3 Å². The molecule has 0 bridgehead atoms. The minimum absolute atomic E-state index is 0.310. The summed E-state index contributed by atoms with van der Waals surface area (Å²) < 4.78 is 1.80. The number of rotatable bonds is 5. The number of hydrazone groups is 1. The molecule has 0 aliphatic carbocycles. The summed E-state index contributed by atoms with van der Waals surface area (Å²) in [6, 6.07) is 21.6. The van der Waals surface area contributed by atoms with Gasteiger partial charge in [-0.05, 0) is 80.5 Å². The molecule has 0 aromatic heterocycles. The van der Waals surface area contributed by atoms with E-state index in [2.05, 4.69) is 54.4 Å². The third-order valence-corrected chi connectivity index (χ3v) is 5.20. The monoisotopic (exact) mass is 547 g/mol. The number of nitrogens with one attached hydrogen (secondary N) is 2. The van der Waals surface area contributed by atoms with Gasteiger partial charge in [0.2, 0.25) is 0 Å². The number of carbonyl (C=O) groups is 2. The molecule has 0 radical (unpaired) electrons. The van der Waals surface area contributed by atoms with E-state index >= 15 is 0 Å². The minimum Gasteiger partial charge on any atom is -0.321 e. The van der Waals surface area contributed by atoms with Crippen LogP contribution in [0.1, 0.15) is 26.3 Å². The van der Waals surface area contributed by atoms with Crippen molar-refractivity contribution in [2.75, 3.05) is 5.32 Å². The lowest BCUT2D eigenvalue weighted by Crippen LogP contribution is -2.21. The highest BCUT2D eigenvalue weighted by Gasteiger charge is 2.15. The fourth-order valence-corrected chi connectivity index (χ4v) is 3.22. The molecule has 0 fully saturated rings. The first-order valence-electron chi connectivity index (χ1n) is 8.28. The van der Waals surface area contributed by atoms with Crippen LogP contribution in [0.2, 0.25) is 0 Å². The molecular weight excluding hydrogens is 533 g/mol. The number of hydrogen-bond acceptors (Lipinski definition) is 3. The molecule has 2 N–H and O–H groups in total. The topological polar surface area (TPSA) is 70.6 Å². The summed E-state index contributed by atoms with van der Waals surface area (Å²) in [6.07, 6.45) is 1.57. The van der Waals surface area contributed by atoms with Crippen LogP contribution in [0, 0.1) is 3.57 Å². The van der Waals surface area contributed by atoms with Crippen LogP contribution in [0.3, 0.4) is 0 Å². The Hall–Kier alpha value is -2.52. The summed E-state index contributed by atoms with van der Waals surface area (Å²) in [4.78, 5) is 25.0. The summed E-state index contributed by atoms with van der Waals surface area (Å²) in [5, 5.41) is 6.77. The number of hydrogen-bond donors (Lipinski definition) is 2. The van der Waals surface area contributed by atoms with E-state index in [9.17, 15) is 9.59 Å². The number of halogens is 2. The lowest BCUT2D eigenvalue weighted by atomic mass is 10.1. The normalized spacial score (nSPS) is 10.6. The van der Waals surface area contributed by atoms with E-state index in [1.807, 2.05) is 30.3 Å². The molecule has 0 spiro atoms. The van der Waals surface area contributed by atoms with Crippen molar-refractivity contribution in [3.05, 3.63) is 97.5 Å². The van der Waals surface area contributed by atoms with E-state index < -0.39 is 5.91 Å². The molecule has 3 aromatic rings. The second-order valence-electron chi connectivity index (χ2n) is 5.73. The summed E-state index contributed by atoms with van der Waals surface area (Å²) in [7, 11) is 0. The summed E-state index contributed by atoms with van der Waals surface area (Å²) in [5.41, 5.74) is 4.58. The maximum atomic E-state index is 12.5. The van der Waals surface area contributed by atoms with Crippen molar-refractivity contribution in [3.8, 4) is 0 Å². The predicted molar refractivity (Wildman–Crippen MR) is 123 cm³/mol. The maximum absolute atomic E-state index is 12.5. The predicted octanol–water partition coefficient (Wildman–Crippen LogP) is 5.07. The Labute approximate surface area is 184 Å². The van der Waals surface area contributed by atoms with Crippen molar-refractivity contribution in [1.29, 1.82) is 0 Å².